The van der Waals surface area contributed by atoms with Crippen molar-refractivity contribution < 1.29 is 4.52 Å². The minimum Gasteiger partial charge on any atom is -0.348 e. The number of hydrogen-bond donors (Lipinski definition) is 1. The molecule has 0 spiro atoms. The number of hydrogen-bond acceptors (Lipinski definition) is 2. The van der Waals surface area contributed by atoms with Crippen LogP contribution in [0.15, 0.2) is 91.0 Å². The van der Waals surface area contributed by atoms with Crippen molar-refractivity contribution in [3.63, 3.8) is 0 Å². The van der Waals surface area contributed by atoms with Gasteiger partial charge in [0.15, 0.2) is 0 Å². The monoisotopic (exact) mass is 321 g/mol. The van der Waals surface area contributed by atoms with Gasteiger partial charge >= 0.3 is 0 Å². The molecule has 0 aliphatic heterocycles. The molecule has 0 aliphatic rings. The normalized spacial score (nSPS) is 12.3. The third-order valence-electron chi connectivity index (χ3n) is 3.59. The summed E-state index contributed by atoms with van der Waals surface area (Å²) in [7, 11) is -0.854. The first-order valence-corrected chi connectivity index (χ1v) is 8.94. The zero-order valence-electron chi connectivity index (χ0n) is 12.9. The highest BCUT2D eigenvalue weighted by molar-refractivity contribution is 7.68. The Morgan fingerprint density at radius 3 is 1.61 bits per heavy atom. The van der Waals surface area contributed by atoms with Gasteiger partial charge in [-0.15, -0.1) is 0 Å². The quantitative estimate of drug-likeness (QED) is 0.702. The fourth-order valence-corrected chi connectivity index (χ4v) is 4.17. The average molecular weight is 321 g/mol. The lowest BCUT2D eigenvalue weighted by Gasteiger charge is -2.21. The standard InChI is InChI=1S/C20H20NOP/c21-20(17-10-4-1-5-11-17)16-22-23(18-12-6-2-7-13-18)19-14-8-3-9-15-19/h1-15,20H,16,21H2. The lowest BCUT2D eigenvalue weighted by Crippen LogP contribution is -2.20. The van der Waals surface area contributed by atoms with E-state index in [1.165, 1.54) is 10.6 Å². The van der Waals surface area contributed by atoms with Gasteiger partial charge in [0, 0.05) is 10.6 Å². The van der Waals surface area contributed by atoms with Crippen LogP contribution in [-0.4, -0.2) is 6.61 Å². The molecule has 1 unspecified atom stereocenters. The molecule has 3 heteroatoms. The summed E-state index contributed by atoms with van der Waals surface area (Å²) in [6, 6.07) is 30.7. The van der Waals surface area contributed by atoms with Gasteiger partial charge in [-0.1, -0.05) is 91.0 Å². The van der Waals surface area contributed by atoms with Crippen LogP contribution in [-0.2, 0) is 4.52 Å². The maximum Gasteiger partial charge on any atom is 0.0918 e. The molecule has 0 amide bonds. The van der Waals surface area contributed by atoms with Gasteiger partial charge in [0.25, 0.3) is 0 Å². The van der Waals surface area contributed by atoms with Crippen molar-refractivity contribution >= 4 is 18.8 Å². The van der Waals surface area contributed by atoms with Gasteiger partial charge in [0.05, 0.1) is 20.8 Å². The highest BCUT2D eigenvalue weighted by Gasteiger charge is 2.16. The second-order valence-corrected chi connectivity index (χ2v) is 7.16. The number of nitrogens with two attached hydrogens (primary N) is 1. The van der Waals surface area contributed by atoms with Gasteiger partial charge in [-0.25, -0.2) is 0 Å². The van der Waals surface area contributed by atoms with Crippen molar-refractivity contribution in [2.45, 2.75) is 6.04 Å². The van der Waals surface area contributed by atoms with Crippen molar-refractivity contribution in [3.05, 3.63) is 96.6 Å². The van der Waals surface area contributed by atoms with Crippen LogP contribution >= 0.6 is 8.15 Å². The van der Waals surface area contributed by atoms with E-state index in [2.05, 4.69) is 24.3 Å². The number of rotatable bonds is 6. The van der Waals surface area contributed by atoms with Crippen LogP contribution in [0.5, 0.6) is 0 Å². The molecular formula is C20H20NOP. The van der Waals surface area contributed by atoms with Crippen LogP contribution in [0.25, 0.3) is 0 Å². The minimum absolute atomic E-state index is 0.117. The Bertz CT molecular complexity index is 664. The molecule has 0 heterocycles. The second-order valence-electron chi connectivity index (χ2n) is 5.28. The average Bonchev–Trinajstić information content (AvgIpc) is 2.64. The van der Waals surface area contributed by atoms with Crippen molar-refractivity contribution in [2.75, 3.05) is 6.61 Å². The van der Waals surface area contributed by atoms with Crippen LogP contribution in [0.3, 0.4) is 0 Å². The lowest BCUT2D eigenvalue weighted by atomic mass is 10.1. The van der Waals surface area contributed by atoms with E-state index < -0.39 is 8.15 Å². The molecule has 3 aromatic carbocycles. The summed E-state index contributed by atoms with van der Waals surface area (Å²) >= 11 is 0. The Kier molecular flexibility index (Phi) is 5.55. The highest BCUT2D eigenvalue weighted by Crippen LogP contribution is 2.35. The molecule has 0 saturated carbocycles. The van der Waals surface area contributed by atoms with Crippen molar-refractivity contribution in [1.82, 2.24) is 0 Å². The molecule has 3 rings (SSSR count). The minimum atomic E-state index is -0.854. The summed E-state index contributed by atoms with van der Waals surface area (Å²) in [6.45, 7) is 0.500. The van der Waals surface area contributed by atoms with Crippen molar-refractivity contribution in [3.8, 4) is 0 Å². The van der Waals surface area contributed by atoms with E-state index in [0.29, 0.717) is 6.61 Å². The van der Waals surface area contributed by atoms with Gasteiger partial charge in [0.1, 0.15) is 0 Å². The van der Waals surface area contributed by atoms with Gasteiger partial charge < -0.3 is 10.3 Å². The zero-order chi connectivity index (χ0) is 15.9. The largest absolute Gasteiger partial charge is 0.348 e. The van der Waals surface area contributed by atoms with Gasteiger partial charge in [-0.2, -0.15) is 0 Å². The van der Waals surface area contributed by atoms with Crippen molar-refractivity contribution in [1.29, 1.82) is 0 Å². The number of benzene rings is 3. The van der Waals surface area contributed by atoms with Crippen LogP contribution in [0, 0.1) is 0 Å². The molecule has 0 bridgehead atoms. The van der Waals surface area contributed by atoms with E-state index in [1.54, 1.807) is 0 Å². The Balaban J connectivity index is 1.77. The summed E-state index contributed by atoms with van der Waals surface area (Å²) in [5.41, 5.74) is 7.39. The van der Waals surface area contributed by atoms with Crippen LogP contribution in [0.1, 0.15) is 11.6 Å². The predicted molar refractivity (Wildman–Crippen MR) is 98.4 cm³/mol. The first-order chi connectivity index (χ1) is 11.3. The third-order valence-corrected chi connectivity index (χ3v) is 5.53. The van der Waals surface area contributed by atoms with E-state index in [-0.39, 0.29) is 6.04 Å². The highest BCUT2D eigenvalue weighted by atomic mass is 31.1. The van der Waals surface area contributed by atoms with Crippen LogP contribution < -0.4 is 16.3 Å². The van der Waals surface area contributed by atoms with Crippen LogP contribution in [0.4, 0.5) is 0 Å². The molecule has 0 radical (unpaired) electrons. The summed E-state index contributed by atoms with van der Waals surface area (Å²) in [4.78, 5) is 0. The maximum atomic E-state index is 6.28. The van der Waals surface area contributed by atoms with E-state index in [9.17, 15) is 0 Å². The summed E-state index contributed by atoms with van der Waals surface area (Å²) in [6.07, 6.45) is 0. The van der Waals surface area contributed by atoms with Crippen LogP contribution in [0.2, 0.25) is 0 Å². The van der Waals surface area contributed by atoms with Gasteiger partial charge in [-0.3, -0.25) is 0 Å². The molecule has 0 aliphatic carbocycles. The van der Waals surface area contributed by atoms with E-state index in [4.69, 9.17) is 10.3 Å². The Hall–Kier alpha value is -1.99. The van der Waals surface area contributed by atoms with E-state index >= 15 is 0 Å². The molecule has 1 atom stereocenters. The Labute approximate surface area is 138 Å². The van der Waals surface area contributed by atoms with Crippen molar-refractivity contribution in [2.24, 2.45) is 5.73 Å². The summed E-state index contributed by atoms with van der Waals surface area (Å²) in [5.74, 6) is 0. The summed E-state index contributed by atoms with van der Waals surface area (Å²) in [5, 5.41) is 2.41. The molecule has 0 saturated heterocycles. The summed E-state index contributed by atoms with van der Waals surface area (Å²) < 4.78 is 6.27. The first-order valence-electron chi connectivity index (χ1n) is 7.68. The van der Waals surface area contributed by atoms with E-state index in [0.717, 1.165) is 5.56 Å². The molecule has 2 N–H and O–H groups in total. The zero-order valence-corrected chi connectivity index (χ0v) is 13.8. The second kappa shape index (κ2) is 8.03. The van der Waals surface area contributed by atoms with Gasteiger partial charge in [-0.05, 0) is 5.56 Å². The maximum absolute atomic E-state index is 6.28. The molecular weight excluding hydrogens is 301 g/mol. The fraction of sp³-hybridized carbons (Fsp3) is 0.100. The smallest absolute Gasteiger partial charge is 0.0918 e. The third kappa shape index (κ3) is 4.27. The Morgan fingerprint density at radius 1 is 0.696 bits per heavy atom. The first kappa shape index (κ1) is 15.9. The molecule has 23 heavy (non-hydrogen) atoms. The molecule has 2 nitrogen and oxygen atoms in total. The SMILES string of the molecule is NC(COP(c1ccccc1)c1ccccc1)c1ccccc1. The topological polar surface area (TPSA) is 35.2 Å². The van der Waals surface area contributed by atoms with Gasteiger partial charge in [0.2, 0.25) is 0 Å². The molecule has 116 valence electrons. The Morgan fingerprint density at radius 2 is 1.13 bits per heavy atom. The lowest BCUT2D eigenvalue weighted by molar-refractivity contribution is 0.328. The fourth-order valence-electron chi connectivity index (χ4n) is 2.38. The molecule has 3 aromatic rings. The predicted octanol–water partition coefficient (Wildman–Crippen LogP) is 3.75. The molecule has 0 fully saturated rings. The molecule has 0 aromatic heterocycles. The van der Waals surface area contributed by atoms with E-state index in [1.807, 2.05) is 66.7 Å².